The van der Waals surface area contributed by atoms with E-state index in [0.717, 1.165) is 23.1 Å². The third-order valence-corrected chi connectivity index (χ3v) is 4.75. The van der Waals surface area contributed by atoms with Crippen molar-refractivity contribution in [2.75, 3.05) is 11.6 Å². The highest BCUT2D eigenvalue weighted by Gasteiger charge is 2.22. The minimum atomic E-state index is -3.72. The van der Waals surface area contributed by atoms with Crippen LogP contribution in [0.1, 0.15) is 25.0 Å². The molecule has 26 heavy (non-hydrogen) atoms. The zero-order chi connectivity index (χ0) is 19.5. The van der Waals surface area contributed by atoms with Gasteiger partial charge in [0.1, 0.15) is 10.6 Å². The maximum Gasteiger partial charge on any atom is 0.288 e. The van der Waals surface area contributed by atoms with Crippen LogP contribution >= 0.6 is 0 Å². The molecule has 0 bridgehead atoms. The van der Waals surface area contributed by atoms with Crippen LogP contribution in [0.15, 0.2) is 41.3 Å². The summed E-state index contributed by atoms with van der Waals surface area (Å²) in [6.07, 6.45) is 0.972. The first-order chi connectivity index (χ1) is 12.1. The van der Waals surface area contributed by atoms with Crippen molar-refractivity contribution in [3.05, 3.63) is 57.6 Å². The van der Waals surface area contributed by atoms with Crippen molar-refractivity contribution >= 4 is 21.2 Å². The molecule has 2 aromatic rings. The summed E-state index contributed by atoms with van der Waals surface area (Å²) in [6, 6.07) is 9.80. The summed E-state index contributed by atoms with van der Waals surface area (Å²) >= 11 is 0. The molecule has 2 rings (SSSR count). The summed E-state index contributed by atoms with van der Waals surface area (Å²) in [5, 5.41) is 14.1. The number of hydrogen-bond donors (Lipinski definition) is 1. The van der Waals surface area contributed by atoms with E-state index < -0.39 is 20.4 Å². The van der Waals surface area contributed by atoms with Crippen molar-refractivity contribution in [2.45, 2.75) is 38.3 Å². The van der Waals surface area contributed by atoms with Gasteiger partial charge in [-0.3, -0.25) is 10.1 Å². The number of rotatable bonds is 7. The minimum Gasteiger partial charge on any atom is -0.491 e. The van der Waals surface area contributed by atoms with Crippen molar-refractivity contribution in [2.24, 2.45) is 0 Å². The molecular formula is C18H22N2O5S. The fourth-order valence-electron chi connectivity index (χ4n) is 2.44. The number of anilines is 1. The van der Waals surface area contributed by atoms with Crippen LogP contribution in [-0.4, -0.2) is 25.7 Å². The molecule has 8 heteroatoms. The summed E-state index contributed by atoms with van der Waals surface area (Å²) in [7, 11) is -3.72. The average molecular weight is 378 g/mol. The molecule has 0 saturated heterocycles. The molecule has 0 unspecified atom stereocenters. The second-order valence-corrected chi connectivity index (χ2v) is 8.33. The van der Waals surface area contributed by atoms with E-state index in [0.29, 0.717) is 12.2 Å². The summed E-state index contributed by atoms with van der Waals surface area (Å²) in [5.74, 6) is 0.748. The molecular weight excluding hydrogens is 356 g/mol. The van der Waals surface area contributed by atoms with Gasteiger partial charge in [0.2, 0.25) is 0 Å². The largest absolute Gasteiger partial charge is 0.491 e. The van der Waals surface area contributed by atoms with Crippen molar-refractivity contribution in [3.63, 3.8) is 0 Å². The van der Waals surface area contributed by atoms with Crippen molar-refractivity contribution in [3.8, 4) is 5.75 Å². The lowest BCUT2D eigenvalue weighted by Gasteiger charge is -2.16. The lowest BCUT2D eigenvalue weighted by Crippen LogP contribution is -2.10. The third-order valence-electron chi connectivity index (χ3n) is 3.62. The SMILES string of the molecule is Cc1ccc(CNc2ccc([N+](=O)[O-])c(S(C)(=O)=O)c2)c(OC(C)C)c1. The first-order valence-electron chi connectivity index (χ1n) is 8.06. The monoisotopic (exact) mass is 378 g/mol. The van der Waals surface area contributed by atoms with Gasteiger partial charge >= 0.3 is 0 Å². The number of nitrogens with zero attached hydrogens (tertiary/aromatic N) is 1. The van der Waals surface area contributed by atoms with E-state index in [1.807, 2.05) is 39.0 Å². The number of benzene rings is 2. The van der Waals surface area contributed by atoms with Gasteiger partial charge in [0.25, 0.3) is 5.69 Å². The maximum atomic E-state index is 11.8. The van der Waals surface area contributed by atoms with Gasteiger partial charge in [0.05, 0.1) is 11.0 Å². The van der Waals surface area contributed by atoms with E-state index in [1.54, 1.807) is 0 Å². The van der Waals surface area contributed by atoms with Crippen LogP contribution in [0.3, 0.4) is 0 Å². The van der Waals surface area contributed by atoms with Gasteiger partial charge in [-0.05, 0) is 44.5 Å². The van der Waals surface area contributed by atoms with Gasteiger partial charge in [-0.25, -0.2) is 8.42 Å². The van der Waals surface area contributed by atoms with Gasteiger partial charge in [0.15, 0.2) is 9.84 Å². The topological polar surface area (TPSA) is 98.5 Å². The quantitative estimate of drug-likeness (QED) is 0.582. The van der Waals surface area contributed by atoms with E-state index in [-0.39, 0.29) is 11.0 Å². The molecule has 0 radical (unpaired) electrons. The van der Waals surface area contributed by atoms with Crippen LogP contribution in [0.5, 0.6) is 5.75 Å². The van der Waals surface area contributed by atoms with E-state index in [4.69, 9.17) is 4.74 Å². The molecule has 0 atom stereocenters. The fraction of sp³-hybridized carbons (Fsp3) is 0.333. The third kappa shape index (κ3) is 4.95. The molecule has 0 heterocycles. The molecule has 7 nitrogen and oxygen atoms in total. The predicted octanol–water partition coefficient (Wildman–Crippen LogP) is 3.71. The van der Waals surface area contributed by atoms with Gasteiger partial charge < -0.3 is 10.1 Å². The number of sulfone groups is 1. The molecule has 0 aliphatic rings. The Labute approximate surface area is 153 Å². The van der Waals surface area contributed by atoms with E-state index in [2.05, 4.69) is 5.32 Å². The zero-order valence-electron chi connectivity index (χ0n) is 15.1. The summed E-state index contributed by atoms with van der Waals surface area (Å²) in [5.41, 5.74) is 2.02. The predicted molar refractivity (Wildman–Crippen MR) is 100 cm³/mol. The van der Waals surface area contributed by atoms with Crippen molar-refractivity contribution in [1.29, 1.82) is 0 Å². The Morgan fingerprint density at radius 1 is 1.19 bits per heavy atom. The minimum absolute atomic E-state index is 0.0201. The Kier molecular flexibility index (Phi) is 5.86. The standard InChI is InChI=1S/C18H22N2O5S/c1-12(2)25-17-9-13(3)5-6-14(17)11-19-15-7-8-16(20(21)22)18(10-15)26(4,23)24/h5-10,12,19H,11H2,1-4H3. The van der Waals surface area contributed by atoms with E-state index >= 15 is 0 Å². The van der Waals surface area contributed by atoms with Crippen LogP contribution in [0, 0.1) is 17.0 Å². The second kappa shape index (κ2) is 7.74. The van der Waals surface area contributed by atoms with Crippen molar-refractivity contribution < 1.29 is 18.1 Å². The smallest absolute Gasteiger partial charge is 0.288 e. The summed E-state index contributed by atoms with van der Waals surface area (Å²) < 4.78 is 29.5. The number of hydrogen-bond acceptors (Lipinski definition) is 6. The number of nitrogens with one attached hydrogen (secondary N) is 1. The molecule has 0 aliphatic carbocycles. The normalized spacial score (nSPS) is 11.4. The number of ether oxygens (including phenoxy) is 1. The maximum absolute atomic E-state index is 11.8. The van der Waals surface area contributed by atoms with Crippen LogP contribution in [0.4, 0.5) is 11.4 Å². The molecule has 2 aromatic carbocycles. The average Bonchev–Trinajstić information content (AvgIpc) is 2.52. The van der Waals surface area contributed by atoms with Gasteiger partial charge in [-0.15, -0.1) is 0 Å². The van der Waals surface area contributed by atoms with Crippen molar-refractivity contribution in [1.82, 2.24) is 0 Å². The molecule has 0 saturated carbocycles. The Morgan fingerprint density at radius 2 is 1.88 bits per heavy atom. The number of aryl methyl sites for hydroxylation is 1. The highest BCUT2D eigenvalue weighted by Crippen LogP contribution is 2.28. The molecule has 0 aliphatic heterocycles. The van der Waals surface area contributed by atoms with Crippen LogP contribution in [0.2, 0.25) is 0 Å². The highest BCUT2D eigenvalue weighted by molar-refractivity contribution is 7.90. The molecule has 0 fully saturated rings. The molecule has 0 aromatic heterocycles. The summed E-state index contributed by atoms with van der Waals surface area (Å²) in [6.45, 7) is 6.24. The summed E-state index contributed by atoms with van der Waals surface area (Å²) in [4.78, 5) is 10.0. The van der Waals surface area contributed by atoms with E-state index in [9.17, 15) is 18.5 Å². The van der Waals surface area contributed by atoms with Crippen LogP contribution in [-0.2, 0) is 16.4 Å². The number of nitro groups is 1. The lowest BCUT2D eigenvalue weighted by atomic mass is 10.1. The first kappa shape index (κ1) is 19.7. The van der Waals surface area contributed by atoms with Gasteiger partial charge in [-0.1, -0.05) is 12.1 Å². The lowest BCUT2D eigenvalue weighted by molar-refractivity contribution is -0.387. The number of nitro benzene ring substituents is 1. The zero-order valence-corrected chi connectivity index (χ0v) is 16.0. The molecule has 0 spiro atoms. The Hall–Kier alpha value is -2.61. The molecule has 0 amide bonds. The highest BCUT2D eigenvalue weighted by atomic mass is 32.2. The molecule has 1 N–H and O–H groups in total. The Balaban J connectivity index is 2.29. The van der Waals surface area contributed by atoms with Gasteiger partial charge in [-0.2, -0.15) is 0 Å². The van der Waals surface area contributed by atoms with E-state index in [1.165, 1.54) is 18.2 Å². The first-order valence-corrected chi connectivity index (χ1v) is 9.95. The Morgan fingerprint density at radius 3 is 2.46 bits per heavy atom. The fourth-order valence-corrected chi connectivity index (χ4v) is 3.30. The molecule has 140 valence electrons. The van der Waals surface area contributed by atoms with Crippen LogP contribution < -0.4 is 10.1 Å². The second-order valence-electron chi connectivity index (χ2n) is 6.34. The van der Waals surface area contributed by atoms with Gasteiger partial charge in [0, 0.05) is 30.1 Å². The van der Waals surface area contributed by atoms with Crippen LogP contribution in [0.25, 0.3) is 0 Å². The Bertz CT molecular complexity index is 923.